The zero-order valence-electron chi connectivity index (χ0n) is 10.7. The predicted octanol–water partition coefficient (Wildman–Crippen LogP) is -0.223. The van der Waals surface area contributed by atoms with Gasteiger partial charge in [-0.25, -0.2) is 4.79 Å². The first-order chi connectivity index (χ1) is 8.72. The van der Waals surface area contributed by atoms with Crippen LogP contribution in [-0.4, -0.2) is 46.5 Å². The number of carbonyl (C=O) groups is 1. The van der Waals surface area contributed by atoms with Gasteiger partial charge in [-0.1, -0.05) is 6.42 Å². The lowest BCUT2D eigenvalue weighted by Crippen LogP contribution is -2.49. The van der Waals surface area contributed by atoms with E-state index in [0.29, 0.717) is 6.54 Å². The summed E-state index contributed by atoms with van der Waals surface area (Å²) in [5.41, 5.74) is -0.0940. The monoisotopic (exact) mass is 252 g/mol. The molecule has 1 fully saturated rings. The summed E-state index contributed by atoms with van der Waals surface area (Å²) in [7, 11) is 1.67. The van der Waals surface area contributed by atoms with E-state index in [9.17, 15) is 9.59 Å². The van der Waals surface area contributed by atoms with Crippen molar-refractivity contribution in [3.8, 4) is 0 Å². The Morgan fingerprint density at radius 2 is 2.33 bits per heavy atom. The van der Waals surface area contributed by atoms with Crippen LogP contribution in [0.2, 0.25) is 0 Å². The Morgan fingerprint density at radius 1 is 1.50 bits per heavy atom. The smallest absolute Gasteiger partial charge is 0.325 e. The van der Waals surface area contributed by atoms with Crippen LogP contribution < -0.4 is 11.0 Å². The van der Waals surface area contributed by atoms with Crippen LogP contribution >= 0.6 is 0 Å². The van der Waals surface area contributed by atoms with E-state index in [2.05, 4.69) is 15.2 Å². The van der Waals surface area contributed by atoms with Crippen molar-refractivity contribution in [3.05, 3.63) is 22.9 Å². The fourth-order valence-electron chi connectivity index (χ4n) is 2.48. The Balaban J connectivity index is 1.95. The zero-order valence-corrected chi connectivity index (χ0v) is 10.7. The summed E-state index contributed by atoms with van der Waals surface area (Å²) in [5, 5.41) is 2.71. The molecule has 2 rings (SSSR count). The normalized spacial score (nSPS) is 20.8. The first kappa shape index (κ1) is 12.9. The molecule has 0 spiro atoms. The lowest BCUT2D eigenvalue weighted by atomic mass is 10.0. The number of hydrogen-bond acceptors (Lipinski definition) is 3. The number of piperidine rings is 1. The highest BCUT2D eigenvalue weighted by Crippen LogP contribution is 2.16. The number of carbonyl (C=O) groups excluding carboxylic acids is 1. The van der Waals surface area contributed by atoms with Gasteiger partial charge in [0.25, 0.3) is 0 Å². The Kier molecular flexibility index (Phi) is 4.19. The van der Waals surface area contributed by atoms with E-state index >= 15 is 0 Å². The first-order valence-corrected chi connectivity index (χ1v) is 6.42. The van der Waals surface area contributed by atoms with Crippen molar-refractivity contribution in [1.82, 2.24) is 19.8 Å². The average Bonchev–Trinajstić information content (AvgIpc) is 2.81. The average molecular weight is 252 g/mol. The van der Waals surface area contributed by atoms with Crippen LogP contribution in [0.5, 0.6) is 0 Å². The standard InChI is InChI=1S/C12H20N4O2/c1-13-11(17)10-4-2-3-6-15(10)8-9-16-7-5-14-12(16)18/h5,7,10H,2-4,6,8-9H2,1H3,(H,13,17)(H,14,18). The van der Waals surface area contributed by atoms with Crippen LogP contribution in [0, 0.1) is 0 Å². The fraction of sp³-hybridized carbons (Fsp3) is 0.667. The highest BCUT2D eigenvalue weighted by molar-refractivity contribution is 5.81. The van der Waals surface area contributed by atoms with E-state index in [-0.39, 0.29) is 17.6 Å². The second-order valence-electron chi connectivity index (χ2n) is 4.62. The van der Waals surface area contributed by atoms with Gasteiger partial charge in [0.05, 0.1) is 6.04 Å². The van der Waals surface area contributed by atoms with E-state index in [0.717, 1.165) is 32.4 Å². The van der Waals surface area contributed by atoms with E-state index in [1.165, 1.54) is 0 Å². The zero-order chi connectivity index (χ0) is 13.0. The number of likely N-dealkylation sites (tertiary alicyclic amines) is 1. The summed E-state index contributed by atoms with van der Waals surface area (Å²) in [4.78, 5) is 27.9. The van der Waals surface area contributed by atoms with E-state index < -0.39 is 0 Å². The van der Waals surface area contributed by atoms with Crippen molar-refractivity contribution in [1.29, 1.82) is 0 Å². The third-order valence-corrected chi connectivity index (χ3v) is 3.51. The summed E-state index contributed by atoms with van der Waals surface area (Å²) in [5.74, 6) is 0.0797. The Labute approximate surface area is 106 Å². The summed E-state index contributed by atoms with van der Waals surface area (Å²) in [6.45, 7) is 2.28. The lowest BCUT2D eigenvalue weighted by Gasteiger charge is -2.34. The number of aromatic nitrogens is 2. The number of likely N-dealkylation sites (N-methyl/N-ethyl adjacent to an activating group) is 1. The van der Waals surface area contributed by atoms with E-state index in [1.54, 1.807) is 24.0 Å². The van der Waals surface area contributed by atoms with Gasteiger partial charge in [-0.3, -0.25) is 14.3 Å². The number of hydrogen-bond donors (Lipinski definition) is 2. The first-order valence-electron chi connectivity index (χ1n) is 6.42. The van der Waals surface area contributed by atoms with Crippen molar-refractivity contribution < 1.29 is 4.79 Å². The molecular formula is C12H20N4O2. The van der Waals surface area contributed by atoms with Crippen LogP contribution in [0.3, 0.4) is 0 Å². The number of H-pyrrole nitrogens is 1. The van der Waals surface area contributed by atoms with Gasteiger partial charge in [0, 0.05) is 32.5 Å². The minimum atomic E-state index is -0.0940. The van der Waals surface area contributed by atoms with E-state index in [4.69, 9.17) is 0 Å². The molecule has 1 aromatic heterocycles. The molecule has 1 saturated heterocycles. The number of aromatic amines is 1. The van der Waals surface area contributed by atoms with Gasteiger partial charge in [0.2, 0.25) is 5.91 Å². The molecule has 18 heavy (non-hydrogen) atoms. The molecule has 0 aromatic carbocycles. The lowest BCUT2D eigenvalue weighted by molar-refractivity contribution is -0.127. The number of rotatable bonds is 4. The van der Waals surface area contributed by atoms with Crippen LogP contribution in [0.1, 0.15) is 19.3 Å². The molecule has 1 atom stereocenters. The number of imidazole rings is 1. The largest absolute Gasteiger partial charge is 0.358 e. The molecule has 0 bridgehead atoms. The molecule has 1 aliphatic rings. The van der Waals surface area contributed by atoms with Gasteiger partial charge in [0.15, 0.2) is 0 Å². The van der Waals surface area contributed by atoms with Crippen LogP contribution in [-0.2, 0) is 11.3 Å². The van der Waals surface area contributed by atoms with Crippen LogP contribution in [0.25, 0.3) is 0 Å². The maximum absolute atomic E-state index is 11.8. The Bertz CT molecular complexity index is 451. The molecule has 2 heterocycles. The van der Waals surface area contributed by atoms with Crippen molar-refractivity contribution in [3.63, 3.8) is 0 Å². The highest BCUT2D eigenvalue weighted by Gasteiger charge is 2.27. The molecule has 0 radical (unpaired) electrons. The third kappa shape index (κ3) is 2.81. The minimum absolute atomic E-state index is 0.0432. The van der Waals surface area contributed by atoms with Crippen molar-refractivity contribution in [2.24, 2.45) is 0 Å². The molecule has 2 N–H and O–H groups in total. The summed E-state index contributed by atoms with van der Waals surface area (Å²) in [6, 6.07) is -0.0432. The van der Waals surface area contributed by atoms with Gasteiger partial charge < -0.3 is 10.3 Å². The molecule has 6 heteroatoms. The number of nitrogens with zero attached hydrogens (tertiary/aromatic N) is 2. The fourth-order valence-corrected chi connectivity index (χ4v) is 2.48. The Hall–Kier alpha value is -1.56. The molecule has 0 saturated carbocycles. The topological polar surface area (TPSA) is 70.1 Å². The van der Waals surface area contributed by atoms with E-state index in [1.807, 2.05) is 0 Å². The highest BCUT2D eigenvalue weighted by atomic mass is 16.2. The third-order valence-electron chi connectivity index (χ3n) is 3.51. The molecule has 1 amide bonds. The van der Waals surface area contributed by atoms with Gasteiger partial charge in [-0.2, -0.15) is 0 Å². The van der Waals surface area contributed by atoms with Crippen molar-refractivity contribution in [2.45, 2.75) is 31.8 Å². The van der Waals surface area contributed by atoms with Gasteiger partial charge in [-0.05, 0) is 19.4 Å². The molecule has 1 aromatic rings. The Morgan fingerprint density at radius 3 is 3.00 bits per heavy atom. The van der Waals surface area contributed by atoms with Crippen LogP contribution in [0.15, 0.2) is 17.2 Å². The number of nitrogens with one attached hydrogen (secondary N) is 2. The summed E-state index contributed by atoms with van der Waals surface area (Å²) in [6.07, 6.45) is 6.49. The van der Waals surface area contributed by atoms with Gasteiger partial charge in [0.1, 0.15) is 0 Å². The SMILES string of the molecule is CNC(=O)C1CCCCN1CCn1cc[nH]c1=O. The minimum Gasteiger partial charge on any atom is -0.358 e. The number of amides is 1. The van der Waals surface area contributed by atoms with Crippen molar-refractivity contribution in [2.75, 3.05) is 20.1 Å². The molecule has 0 aliphatic carbocycles. The second kappa shape index (κ2) is 5.86. The molecular weight excluding hydrogens is 232 g/mol. The van der Waals surface area contributed by atoms with Gasteiger partial charge >= 0.3 is 5.69 Å². The summed E-state index contributed by atoms with van der Waals surface area (Å²) >= 11 is 0. The second-order valence-corrected chi connectivity index (χ2v) is 4.62. The maximum Gasteiger partial charge on any atom is 0.325 e. The van der Waals surface area contributed by atoms with Crippen molar-refractivity contribution >= 4 is 5.91 Å². The maximum atomic E-state index is 11.8. The predicted molar refractivity (Wildman–Crippen MR) is 68.3 cm³/mol. The van der Waals surface area contributed by atoms with Crippen LogP contribution in [0.4, 0.5) is 0 Å². The quantitative estimate of drug-likeness (QED) is 0.778. The van der Waals surface area contributed by atoms with Gasteiger partial charge in [-0.15, -0.1) is 0 Å². The summed E-state index contributed by atoms with van der Waals surface area (Å²) < 4.78 is 1.63. The molecule has 1 unspecified atom stereocenters. The molecule has 6 nitrogen and oxygen atoms in total. The molecule has 1 aliphatic heterocycles. The molecule has 100 valence electrons.